The van der Waals surface area contributed by atoms with Gasteiger partial charge in [0.2, 0.25) is 0 Å². The van der Waals surface area contributed by atoms with E-state index in [9.17, 15) is 9.59 Å². The largest absolute Gasteiger partial charge is 0.378 e. The van der Waals surface area contributed by atoms with Crippen LogP contribution in [-0.2, 0) is 4.74 Å². The second-order valence-corrected chi connectivity index (χ2v) is 9.48. The second-order valence-electron chi connectivity index (χ2n) is 7.67. The zero-order valence-corrected chi connectivity index (χ0v) is 18.3. The molecular weight excluding hydrogens is 420 g/mol. The molecule has 2 aliphatic rings. The van der Waals surface area contributed by atoms with E-state index >= 15 is 0 Å². The van der Waals surface area contributed by atoms with Crippen molar-refractivity contribution in [1.82, 2.24) is 19.4 Å². The van der Waals surface area contributed by atoms with Crippen molar-refractivity contribution >= 4 is 44.8 Å². The highest BCUT2D eigenvalue weighted by atomic mass is 32.1. The molecule has 0 aliphatic carbocycles. The van der Waals surface area contributed by atoms with Crippen LogP contribution in [0.15, 0.2) is 24.3 Å². The van der Waals surface area contributed by atoms with Gasteiger partial charge in [0.25, 0.3) is 11.8 Å². The molecule has 156 valence electrons. The highest BCUT2D eigenvalue weighted by molar-refractivity contribution is 7.21. The molecule has 7 nitrogen and oxygen atoms in total. The second kappa shape index (κ2) is 8.05. The van der Waals surface area contributed by atoms with E-state index in [2.05, 4.69) is 21.7 Å². The first-order valence-corrected chi connectivity index (χ1v) is 11.7. The first-order valence-electron chi connectivity index (χ1n) is 10.1. The summed E-state index contributed by atoms with van der Waals surface area (Å²) in [6.07, 6.45) is 0.848. The third-order valence-electron chi connectivity index (χ3n) is 5.86. The smallest absolute Gasteiger partial charge is 0.267 e. The Kier molecular flexibility index (Phi) is 5.26. The molecule has 2 aromatic heterocycles. The molecule has 4 heterocycles. The van der Waals surface area contributed by atoms with Gasteiger partial charge in [0.05, 0.1) is 23.8 Å². The van der Waals surface area contributed by atoms with Crippen molar-refractivity contribution in [2.75, 3.05) is 39.4 Å². The highest BCUT2D eigenvalue weighted by Crippen LogP contribution is 2.41. The lowest BCUT2D eigenvalue weighted by molar-refractivity contribution is 0.0305. The predicted octanol–water partition coefficient (Wildman–Crippen LogP) is 3.16. The fraction of sp³-hybridized carbons (Fsp3) is 0.429. The van der Waals surface area contributed by atoms with Crippen molar-refractivity contribution < 1.29 is 14.3 Å². The number of amides is 2. The fourth-order valence-corrected chi connectivity index (χ4v) is 6.17. The number of likely N-dealkylation sites (tertiary alicyclic amines) is 1. The number of hydrogen-bond acceptors (Lipinski definition) is 7. The topological polar surface area (TPSA) is 75.6 Å². The number of fused-ring (bicyclic) bond motifs is 1. The van der Waals surface area contributed by atoms with E-state index < -0.39 is 0 Å². The number of aromatic nitrogens is 2. The molecule has 0 N–H and O–H groups in total. The first-order chi connectivity index (χ1) is 14.6. The summed E-state index contributed by atoms with van der Waals surface area (Å²) in [5.41, 5.74) is 1.78. The van der Waals surface area contributed by atoms with Gasteiger partial charge >= 0.3 is 0 Å². The summed E-state index contributed by atoms with van der Waals surface area (Å²) < 4.78 is 10.4. The normalized spacial score (nSPS) is 19.6. The predicted molar refractivity (Wildman–Crippen MR) is 116 cm³/mol. The molecule has 5 rings (SSSR count). The van der Waals surface area contributed by atoms with Gasteiger partial charge in [0.1, 0.15) is 4.88 Å². The van der Waals surface area contributed by atoms with E-state index in [0.29, 0.717) is 50.0 Å². The number of benzene rings is 1. The third kappa shape index (κ3) is 3.40. The lowest BCUT2D eigenvalue weighted by atomic mass is 9.94. The van der Waals surface area contributed by atoms with Crippen molar-refractivity contribution in [2.45, 2.75) is 19.3 Å². The van der Waals surface area contributed by atoms with Crippen molar-refractivity contribution in [2.24, 2.45) is 0 Å². The number of hydrogen-bond donors (Lipinski definition) is 0. The minimum Gasteiger partial charge on any atom is -0.378 e. The number of nitrogens with zero attached hydrogens (tertiary/aromatic N) is 4. The van der Waals surface area contributed by atoms with E-state index in [-0.39, 0.29) is 17.7 Å². The van der Waals surface area contributed by atoms with Crippen LogP contribution >= 0.6 is 22.9 Å². The van der Waals surface area contributed by atoms with E-state index in [1.165, 1.54) is 0 Å². The van der Waals surface area contributed by atoms with E-state index in [1.807, 2.05) is 28.9 Å². The Morgan fingerprint density at radius 3 is 2.60 bits per heavy atom. The summed E-state index contributed by atoms with van der Waals surface area (Å²) in [5, 5.41) is 5.10. The lowest BCUT2D eigenvalue weighted by Gasteiger charge is -2.27. The molecule has 0 bridgehead atoms. The van der Waals surface area contributed by atoms with Crippen LogP contribution in [0.5, 0.6) is 0 Å². The summed E-state index contributed by atoms with van der Waals surface area (Å²) >= 11 is 2.72. The average Bonchev–Trinajstić information content (AvgIpc) is 3.51. The molecule has 1 aromatic carbocycles. The maximum absolute atomic E-state index is 13.4. The Morgan fingerprint density at radius 2 is 1.83 bits per heavy atom. The summed E-state index contributed by atoms with van der Waals surface area (Å²) in [6, 6.07) is 8.20. The minimum absolute atomic E-state index is 0.00871. The SMILES string of the molecule is Cc1nnsc1C(=O)N1CC[C@H](c2c(C(=O)N3CCOCC3)sc3ccccc23)C1. The van der Waals surface area contributed by atoms with Gasteiger partial charge in [0.15, 0.2) is 0 Å². The number of rotatable bonds is 3. The zero-order chi connectivity index (χ0) is 20.7. The standard InChI is InChI=1S/C21H22N4O3S2/c1-13-18(30-23-22-13)20(26)25-7-6-14(12-25)17-15-4-2-3-5-16(15)29-19(17)21(27)24-8-10-28-11-9-24/h2-5,14H,6-12H2,1H3/t14-/m0/s1. The van der Waals surface area contributed by atoms with Gasteiger partial charge in [0, 0.05) is 36.8 Å². The van der Waals surface area contributed by atoms with Gasteiger partial charge in [-0.05, 0) is 41.9 Å². The number of carbonyl (C=O) groups is 2. The quantitative estimate of drug-likeness (QED) is 0.623. The maximum Gasteiger partial charge on any atom is 0.267 e. The summed E-state index contributed by atoms with van der Waals surface area (Å²) in [5.74, 6) is 0.221. The molecule has 2 aliphatic heterocycles. The average molecular weight is 443 g/mol. The maximum atomic E-state index is 13.4. The molecule has 1 atom stereocenters. The van der Waals surface area contributed by atoms with Crippen molar-refractivity contribution in [3.63, 3.8) is 0 Å². The Balaban J connectivity index is 1.47. The van der Waals surface area contributed by atoms with Crippen molar-refractivity contribution in [3.05, 3.63) is 45.3 Å². The first kappa shape index (κ1) is 19.6. The van der Waals surface area contributed by atoms with Gasteiger partial charge in [-0.2, -0.15) is 0 Å². The van der Waals surface area contributed by atoms with Gasteiger partial charge in [-0.25, -0.2) is 0 Å². The Morgan fingerprint density at radius 1 is 1.07 bits per heavy atom. The number of carbonyl (C=O) groups excluding carboxylic acids is 2. The van der Waals surface area contributed by atoms with Gasteiger partial charge in [-0.15, -0.1) is 16.4 Å². The molecule has 3 aromatic rings. The van der Waals surface area contributed by atoms with Crippen LogP contribution in [0.25, 0.3) is 10.1 Å². The molecule has 9 heteroatoms. The van der Waals surface area contributed by atoms with E-state index in [0.717, 1.165) is 38.5 Å². The van der Waals surface area contributed by atoms with Crippen LogP contribution < -0.4 is 0 Å². The molecule has 2 saturated heterocycles. The van der Waals surface area contributed by atoms with Crippen LogP contribution in [0.4, 0.5) is 0 Å². The summed E-state index contributed by atoms with van der Waals surface area (Å²) in [4.78, 5) is 31.5. The van der Waals surface area contributed by atoms with Gasteiger partial charge < -0.3 is 14.5 Å². The number of thiophene rings is 1. The van der Waals surface area contributed by atoms with Crippen LogP contribution in [0.2, 0.25) is 0 Å². The molecule has 30 heavy (non-hydrogen) atoms. The van der Waals surface area contributed by atoms with Crippen molar-refractivity contribution in [3.8, 4) is 0 Å². The zero-order valence-electron chi connectivity index (χ0n) is 16.7. The van der Waals surface area contributed by atoms with Gasteiger partial charge in [-0.1, -0.05) is 22.7 Å². The van der Waals surface area contributed by atoms with E-state index in [4.69, 9.17) is 4.74 Å². The van der Waals surface area contributed by atoms with Crippen LogP contribution in [0.3, 0.4) is 0 Å². The fourth-order valence-electron chi connectivity index (χ4n) is 4.29. The van der Waals surface area contributed by atoms with Crippen LogP contribution in [0.1, 0.15) is 42.9 Å². The summed E-state index contributed by atoms with van der Waals surface area (Å²) in [6.45, 7) is 5.52. The third-order valence-corrected chi connectivity index (χ3v) is 7.85. The number of ether oxygens (including phenoxy) is 1. The molecule has 0 saturated carbocycles. The molecular formula is C21H22N4O3S2. The van der Waals surface area contributed by atoms with Crippen LogP contribution in [0, 0.1) is 6.92 Å². The van der Waals surface area contributed by atoms with E-state index in [1.54, 1.807) is 11.3 Å². The minimum atomic E-state index is -0.00871. The highest BCUT2D eigenvalue weighted by Gasteiger charge is 2.35. The Hall–Kier alpha value is -2.36. The van der Waals surface area contributed by atoms with Crippen LogP contribution in [-0.4, -0.2) is 70.6 Å². The monoisotopic (exact) mass is 442 g/mol. The van der Waals surface area contributed by atoms with Gasteiger partial charge in [-0.3, -0.25) is 9.59 Å². The Bertz CT molecular complexity index is 1100. The Labute approximate surface area is 182 Å². The molecule has 2 fully saturated rings. The molecule has 0 spiro atoms. The lowest BCUT2D eigenvalue weighted by Crippen LogP contribution is -2.40. The molecule has 0 unspecified atom stereocenters. The van der Waals surface area contributed by atoms with Crippen molar-refractivity contribution in [1.29, 1.82) is 0 Å². The summed E-state index contributed by atoms with van der Waals surface area (Å²) in [7, 11) is 0. The molecule has 0 radical (unpaired) electrons. The molecule has 2 amide bonds. The number of aryl methyl sites for hydroxylation is 1. The number of morpholine rings is 1.